The van der Waals surface area contributed by atoms with Crippen LogP contribution in [0, 0.1) is 5.82 Å². The van der Waals surface area contributed by atoms with E-state index in [4.69, 9.17) is 0 Å². The van der Waals surface area contributed by atoms with E-state index in [1.807, 2.05) is 37.3 Å². The van der Waals surface area contributed by atoms with Crippen molar-refractivity contribution in [2.24, 2.45) is 0 Å². The molecular formula is C17H19BrFNS. The molecule has 0 fully saturated rings. The Morgan fingerprint density at radius 1 is 1.14 bits per heavy atom. The molecule has 21 heavy (non-hydrogen) atoms. The summed E-state index contributed by atoms with van der Waals surface area (Å²) in [6, 6.07) is 13.3. The summed E-state index contributed by atoms with van der Waals surface area (Å²) in [6.07, 6.45) is 1.03. The molecular weight excluding hydrogens is 349 g/mol. The first-order valence-corrected chi connectivity index (χ1v) is 8.68. The summed E-state index contributed by atoms with van der Waals surface area (Å²) < 4.78 is 15.3. The molecule has 2 aromatic carbocycles. The fraction of sp³-hybridized carbons (Fsp3) is 0.294. The number of hydrogen-bond acceptors (Lipinski definition) is 2. The average Bonchev–Trinajstić information content (AvgIpc) is 2.47. The lowest BCUT2D eigenvalue weighted by Crippen LogP contribution is -2.21. The van der Waals surface area contributed by atoms with Crippen molar-refractivity contribution < 1.29 is 4.39 Å². The second kappa shape index (κ2) is 7.97. The maximum atomic E-state index is 14.3. The molecule has 1 atom stereocenters. The molecule has 2 rings (SSSR count). The predicted octanol–water partition coefficient (Wildman–Crippen LogP) is 5.80. The first kappa shape index (κ1) is 16.5. The molecule has 0 bridgehead atoms. The molecule has 1 nitrogen and oxygen atoms in total. The van der Waals surface area contributed by atoms with Crippen LogP contribution in [0.5, 0.6) is 0 Å². The number of hydrogen-bond donors (Lipinski definition) is 1. The molecule has 0 aliphatic heterocycles. The standard InChI is InChI=1S/C17H19BrFNS/c1-3-11-20-12(2)17-14(19)8-6-10-16(17)21-15-9-5-4-7-13(15)18/h4-10,12,20H,3,11H2,1-2H3. The maximum Gasteiger partial charge on any atom is 0.129 e. The van der Waals surface area contributed by atoms with Crippen LogP contribution in [0.25, 0.3) is 0 Å². The van der Waals surface area contributed by atoms with Crippen LogP contribution in [0.4, 0.5) is 4.39 Å². The van der Waals surface area contributed by atoms with Crippen molar-refractivity contribution >= 4 is 27.7 Å². The zero-order chi connectivity index (χ0) is 15.2. The second-order valence-corrected chi connectivity index (χ2v) is 6.80. The van der Waals surface area contributed by atoms with E-state index in [2.05, 4.69) is 28.2 Å². The summed E-state index contributed by atoms with van der Waals surface area (Å²) in [4.78, 5) is 2.05. The van der Waals surface area contributed by atoms with E-state index in [-0.39, 0.29) is 11.9 Å². The molecule has 2 aromatic rings. The van der Waals surface area contributed by atoms with Crippen molar-refractivity contribution in [2.75, 3.05) is 6.54 Å². The van der Waals surface area contributed by atoms with Crippen molar-refractivity contribution in [3.8, 4) is 0 Å². The number of benzene rings is 2. The van der Waals surface area contributed by atoms with Crippen LogP contribution in [0.3, 0.4) is 0 Å². The fourth-order valence-corrected chi connectivity index (χ4v) is 3.74. The third-order valence-corrected chi connectivity index (χ3v) is 5.31. The Morgan fingerprint density at radius 2 is 1.86 bits per heavy atom. The van der Waals surface area contributed by atoms with Gasteiger partial charge in [0.15, 0.2) is 0 Å². The largest absolute Gasteiger partial charge is 0.310 e. The van der Waals surface area contributed by atoms with E-state index < -0.39 is 0 Å². The maximum absolute atomic E-state index is 14.3. The van der Waals surface area contributed by atoms with Crippen LogP contribution in [0.1, 0.15) is 31.9 Å². The highest BCUT2D eigenvalue weighted by Crippen LogP contribution is 2.37. The summed E-state index contributed by atoms with van der Waals surface area (Å²) in [6.45, 7) is 5.00. The molecule has 0 radical (unpaired) electrons. The number of rotatable bonds is 6. The molecule has 1 unspecified atom stereocenters. The average molecular weight is 368 g/mol. The fourth-order valence-electron chi connectivity index (χ4n) is 2.14. The van der Waals surface area contributed by atoms with Gasteiger partial charge in [-0.15, -0.1) is 0 Å². The minimum atomic E-state index is -0.150. The molecule has 0 aromatic heterocycles. The summed E-state index contributed by atoms with van der Waals surface area (Å²) in [7, 11) is 0. The smallest absolute Gasteiger partial charge is 0.129 e. The van der Waals surface area contributed by atoms with E-state index >= 15 is 0 Å². The van der Waals surface area contributed by atoms with Gasteiger partial charge in [-0.3, -0.25) is 0 Å². The van der Waals surface area contributed by atoms with Crippen molar-refractivity contribution in [1.29, 1.82) is 0 Å². The molecule has 112 valence electrons. The first-order chi connectivity index (χ1) is 10.1. The van der Waals surface area contributed by atoms with E-state index in [1.165, 1.54) is 6.07 Å². The lowest BCUT2D eigenvalue weighted by atomic mass is 10.1. The van der Waals surface area contributed by atoms with Crippen molar-refractivity contribution in [3.63, 3.8) is 0 Å². The van der Waals surface area contributed by atoms with Gasteiger partial charge in [0.05, 0.1) is 0 Å². The van der Waals surface area contributed by atoms with Crippen LogP contribution in [-0.4, -0.2) is 6.54 Å². The van der Waals surface area contributed by atoms with Crippen LogP contribution < -0.4 is 5.32 Å². The Morgan fingerprint density at radius 3 is 2.57 bits per heavy atom. The number of halogens is 2. The van der Waals surface area contributed by atoms with Crippen molar-refractivity contribution in [1.82, 2.24) is 5.32 Å². The van der Waals surface area contributed by atoms with Crippen LogP contribution >= 0.6 is 27.7 Å². The minimum absolute atomic E-state index is 0.00358. The van der Waals surface area contributed by atoms with Crippen LogP contribution in [-0.2, 0) is 0 Å². The highest BCUT2D eigenvalue weighted by atomic mass is 79.9. The molecule has 1 N–H and O–H groups in total. The molecule has 0 heterocycles. The summed E-state index contributed by atoms with van der Waals surface area (Å²) in [5.74, 6) is -0.150. The Balaban J connectivity index is 2.31. The van der Waals surface area contributed by atoms with E-state index in [0.717, 1.165) is 32.8 Å². The SMILES string of the molecule is CCCNC(C)c1c(F)cccc1Sc1ccccc1Br. The zero-order valence-corrected chi connectivity index (χ0v) is 14.6. The molecule has 0 saturated carbocycles. The van der Waals surface area contributed by atoms with Gasteiger partial charge in [-0.2, -0.15) is 0 Å². The topological polar surface area (TPSA) is 12.0 Å². The van der Waals surface area contributed by atoms with Gasteiger partial charge in [0, 0.05) is 25.9 Å². The normalized spacial score (nSPS) is 12.4. The number of nitrogens with one attached hydrogen (secondary N) is 1. The van der Waals surface area contributed by atoms with Gasteiger partial charge in [-0.25, -0.2) is 4.39 Å². The Labute approximate surface area is 138 Å². The molecule has 0 aliphatic carbocycles. The second-order valence-electron chi connectivity index (χ2n) is 4.86. The highest BCUT2D eigenvalue weighted by Gasteiger charge is 2.16. The van der Waals surface area contributed by atoms with Gasteiger partial charge in [-0.1, -0.05) is 36.9 Å². The predicted molar refractivity (Wildman–Crippen MR) is 91.4 cm³/mol. The molecule has 0 spiro atoms. The van der Waals surface area contributed by atoms with Crippen molar-refractivity contribution in [2.45, 2.75) is 36.1 Å². The molecule has 0 saturated heterocycles. The van der Waals surface area contributed by atoms with E-state index in [0.29, 0.717) is 0 Å². The van der Waals surface area contributed by atoms with Gasteiger partial charge < -0.3 is 5.32 Å². The van der Waals surface area contributed by atoms with E-state index in [9.17, 15) is 4.39 Å². The quantitative estimate of drug-likeness (QED) is 0.692. The first-order valence-electron chi connectivity index (χ1n) is 7.07. The lowest BCUT2D eigenvalue weighted by Gasteiger charge is -2.18. The third-order valence-electron chi connectivity index (χ3n) is 3.20. The van der Waals surface area contributed by atoms with Gasteiger partial charge in [0.2, 0.25) is 0 Å². The summed E-state index contributed by atoms with van der Waals surface area (Å²) in [5.41, 5.74) is 0.742. The monoisotopic (exact) mass is 367 g/mol. The Hall–Kier alpha value is -0.840. The van der Waals surface area contributed by atoms with Crippen molar-refractivity contribution in [3.05, 3.63) is 58.3 Å². The van der Waals surface area contributed by atoms with Gasteiger partial charge in [0.25, 0.3) is 0 Å². The minimum Gasteiger partial charge on any atom is -0.310 e. The summed E-state index contributed by atoms with van der Waals surface area (Å²) >= 11 is 5.14. The highest BCUT2D eigenvalue weighted by molar-refractivity contribution is 9.10. The lowest BCUT2D eigenvalue weighted by molar-refractivity contribution is 0.519. The molecule has 4 heteroatoms. The Kier molecular flexibility index (Phi) is 6.27. The van der Waals surface area contributed by atoms with Crippen LogP contribution in [0.2, 0.25) is 0 Å². The van der Waals surface area contributed by atoms with Gasteiger partial charge >= 0.3 is 0 Å². The third kappa shape index (κ3) is 4.31. The van der Waals surface area contributed by atoms with Crippen LogP contribution in [0.15, 0.2) is 56.7 Å². The Bertz CT molecular complexity index is 603. The molecule has 0 aliphatic rings. The summed E-state index contributed by atoms with van der Waals surface area (Å²) in [5, 5.41) is 3.37. The molecule has 0 amide bonds. The van der Waals surface area contributed by atoms with Gasteiger partial charge in [0.1, 0.15) is 5.82 Å². The zero-order valence-electron chi connectivity index (χ0n) is 12.2. The van der Waals surface area contributed by atoms with Gasteiger partial charge in [-0.05, 0) is 60.1 Å². The van der Waals surface area contributed by atoms with E-state index in [1.54, 1.807) is 17.8 Å².